The van der Waals surface area contributed by atoms with Crippen LogP contribution in [0.4, 0.5) is 0 Å². The maximum Gasteiger partial charge on any atom is 0.323 e. The van der Waals surface area contributed by atoms with Gasteiger partial charge in [0.25, 0.3) is 0 Å². The van der Waals surface area contributed by atoms with Crippen LogP contribution in [0.1, 0.15) is 206 Å². The summed E-state index contributed by atoms with van der Waals surface area (Å²) in [7, 11) is 0. The van der Waals surface area contributed by atoms with Crippen LogP contribution < -0.4 is 21.4 Å². The molecule has 0 aliphatic heterocycles. The minimum atomic E-state index is -1.09. The van der Waals surface area contributed by atoms with E-state index in [1.54, 1.807) is 6.92 Å². The van der Waals surface area contributed by atoms with Crippen molar-refractivity contribution in [1.82, 2.24) is 21.4 Å². The first-order valence-electron chi connectivity index (χ1n) is 27.9. The fourth-order valence-corrected chi connectivity index (χ4v) is 8.72. The predicted octanol–water partition coefficient (Wildman–Crippen LogP) is 7.64. The van der Waals surface area contributed by atoms with Gasteiger partial charge < -0.3 is 45.5 Å². The summed E-state index contributed by atoms with van der Waals surface area (Å²) >= 11 is 0. The zero-order valence-corrected chi connectivity index (χ0v) is 44.5. The molecule has 3 amide bonds. The molecule has 0 aromatic heterocycles. The smallest absolute Gasteiger partial charge is 0.323 e. The zero-order valence-electron chi connectivity index (χ0n) is 44.5. The molecule has 2 atom stereocenters. The van der Waals surface area contributed by atoms with E-state index in [0.717, 1.165) is 51.4 Å². The number of carbonyl (C=O) groups is 8. The van der Waals surface area contributed by atoms with E-state index in [0.29, 0.717) is 83.4 Å². The highest BCUT2D eigenvalue weighted by molar-refractivity contribution is 5.86. The highest BCUT2D eigenvalue weighted by Gasteiger charge is 2.30. The number of hydrogen-bond acceptors (Lipinski definition) is 13. The summed E-state index contributed by atoms with van der Waals surface area (Å²) in [4.78, 5) is 101. The van der Waals surface area contributed by atoms with E-state index < -0.39 is 29.9 Å². The van der Waals surface area contributed by atoms with Gasteiger partial charge in [0, 0.05) is 70.7 Å². The van der Waals surface area contributed by atoms with E-state index in [9.17, 15) is 48.6 Å². The van der Waals surface area contributed by atoms with E-state index >= 15 is 0 Å². The van der Waals surface area contributed by atoms with Crippen molar-refractivity contribution in [3.8, 4) is 0 Å². The summed E-state index contributed by atoms with van der Waals surface area (Å²) in [5.74, 6) is -4.12. The Kier molecular flexibility index (Phi) is 42.7. The normalized spacial score (nSPS) is 15.3. The molecule has 1 fully saturated rings. The Labute approximate surface area is 435 Å². The standard InChI is InChI=1S/C54H96N4O15/c1-2-49(61)55-32-20-19-23-47(54(68)69)58-73-39-38-70-34-21-22-46(59)42-72-37-36-71-35-33-56-51(63)31-30-45(53(66)67)40-48(60)44-28-26-43(27-29-44)41-57-50(62)24-17-15-13-11-9-7-5-3-4-6-8-10-12-14-16-18-25-52(64)65/h43-45,47,58H,2-42H2,1H3,(H,55,61)(H,56,63)(H,57,62)(H,64,65)(H,66,67)(H,68,69). The van der Waals surface area contributed by atoms with Crippen LogP contribution in [0.25, 0.3) is 0 Å². The van der Waals surface area contributed by atoms with Crippen LogP contribution in [-0.2, 0) is 57.4 Å². The molecule has 0 heterocycles. The van der Waals surface area contributed by atoms with Gasteiger partial charge in [0.1, 0.15) is 18.4 Å². The molecule has 422 valence electrons. The Bertz CT molecular complexity index is 1510. The summed E-state index contributed by atoms with van der Waals surface area (Å²) in [6.45, 7) is 4.29. The summed E-state index contributed by atoms with van der Waals surface area (Å²) in [5, 5.41) is 36.3. The largest absolute Gasteiger partial charge is 0.481 e. The Morgan fingerprint density at radius 1 is 0.493 bits per heavy atom. The van der Waals surface area contributed by atoms with Crippen LogP contribution in [-0.4, -0.2) is 134 Å². The summed E-state index contributed by atoms with van der Waals surface area (Å²) in [5.41, 5.74) is 2.53. The van der Waals surface area contributed by atoms with Crippen LogP contribution in [0.5, 0.6) is 0 Å². The van der Waals surface area contributed by atoms with Gasteiger partial charge in [0.05, 0.1) is 39.0 Å². The fourth-order valence-electron chi connectivity index (χ4n) is 8.72. The number of carboxylic acids is 3. The van der Waals surface area contributed by atoms with E-state index in [1.165, 1.54) is 64.2 Å². The number of hydrogen-bond donors (Lipinski definition) is 7. The minimum Gasteiger partial charge on any atom is -0.481 e. The number of rotatable bonds is 52. The molecule has 1 aliphatic carbocycles. The number of carbonyl (C=O) groups excluding carboxylic acids is 5. The predicted molar refractivity (Wildman–Crippen MR) is 277 cm³/mol. The third-order valence-corrected chi connectivity index (χ3v) is 13.3. The SMILES string of the molecule is CCC(=O)NCCCCC(NOCCOCCCC(=O)COCCOCCNC(=O)CCC(CC(=O)C1CCC(CNC(=O)CCCCCCCCCCCCCCCCCCC(=O)O)CC1)C(=O)O)C(=O)O. The summed E-state index contributed by atoms with van der Waals surface area (Å²) in [6, 6.07) is -0.873. The lowest BCUT2D eigenvalue weighted by Crippen LogP contribution is -2.37. The first-order chi connectivity index (χ1) is 35.3. The second-order valence-corrected chi connectivity index (χ2v) is 19.6. The monoisotopic (exact) mass is 1040 g/mol. The van der Waals surface area contributed by atoms with Crippen molar-refractivity contribution in [3.05, 3.63) is 0 Å². The molecule has 0 spiro atoms. The van der Waals surface area contributed by atoms with Crippen molar-refractivity contribution in [2.75, 3.05) is 65.9 Å². The Balaban J connectivity index is 2.00. The number of amides is 3. The lowest BCUT2D eigenvalue weighted by atomic mass is 9.78. The Hall–Kier alpha value is -4.04. The van der Waals surface area contributed by atoms with Gasteiger partial charge >= 0.3 is 17.9 Å². The van der Waals surface area contributed by atoms with Gasteiger partial charge in [-0.15, -0.1) is 0 Å². The molecule has 2 unspecified atom stereocenters. The number of hydroxylamine groups is 1. The molecule has 0 aromatic rings. The lowest BCUT2D eigenvalue weighted by molar-refractivity contribution is -0.145. The van der Waals surface area contributed by atoms with E-state index in [1.807, 2.05) is 0 Å². The van der Waals surface area contributed by atoms with Crippen molar-refractivity contribution < 1.29 is 72.7 Å². The van der Waals surface area contributed by atoms with Crippen LogP contribution in [0.15, 0.2) is 0 Å². The number of aliphatic carboxylic acids is 3. The fraction of sp³-hybridized carbons (Fsp3) is 0.852. The first kappa shape index (κ1) is 67.0. The first-order valence-corrected chi connectivity index (χ1v) is 27.9. The third-order valence-electron chi connectivity index (χ3n) is 13.3. The molecule has 19 nitrogen and oxygen atoms in total. The average molecular weight is 1040 g/mol. The molecular formula is C54H96N4O15. The molecule has 1 aliphatic rings. The van der Waals surface area contributed by atoms with Crippen molar-refractivity contribution in [2.24, 2.45) is 17.8 Å². The second kappa shape index (κ2) is 46.5. The number of nitrogens with one attached hydrogen (secondary N) is 4. The summed E-state index contributed by atoms with van der Waals surface area (Å²) < 4.78 is 16.3. The molecule has 7 N–H and O–H groups in total. The number of Topliss-reactive ketones (excluding diaryl/α,β-unsaturated/α-hetero) is 2. The zero-order chi connectivity index (χ0) is 53.6. The molecule has 0 saturated heterocycles. The van der Waals surface area contributed by atoms with Gasteiger partial charge in [0.2, 0.25) is 17.7 Å². The van der Waals surface area contributed by atoms with Gasteiger partial charge in [-0.3, -0.25) is 43.2 Å². The average Bonchev–Trinajstić information content (AvgIpc) is 3.36. The van der Waals surface area contributed by atoms with Crippen molar-refractivity contribution in [1.29, 1.82) is 0 Å². The van der Waals surface area contributed by atoms with Crippen LogP contribution >= 0.6 is 0 Å². The van der Waals surface area contributed by atoms with Gasteiger partial charge in [0.15, 0.2) is 5.78 Å². The van der Waals surface area contributed by atoms with Crippen LogP contribution in [0.3, 0.4) is 0 Å². The number of carboxylic acid groups (broad SMARTS) is 3. The highest BCUT2D eigenvalue weighted by Crippen LogP contribution is 2.31. The maximum absolute atomic E-state index is 13.1. The van der Waals surface area contributed by atoms with E-state index in [4.69, 9.17) is 24.2 Å². The topological polar surface area (TPSA) is 282 Å². The van der Waals surface area contributed by atoms with Crippen molar-refractivity contribution in [3.63, 3.8) is 0 Å². The third kappa shape index (κ3) is 41.0. The molecule has 0 bridgehead atoms. The molecule has 0 radical (unpaired) electrons. The molecule has 1 saturated carbocycles. The highest BCUT2D eigenvalue weighted by atomic mass is 16.7. The van der Waals surface area contributed by atoms with Gasteiger partial charge in [-0.05, 0) is 76.5 Å². The molecular weight excluding hydrogens is 945 g/mol. The maximum atomic E-state index is 13.1. The summed E-state index contributed by atoms with van der Waals surface area (Å²) in [6.07, 6.45) is 25.2. The van der Waals surface area contributed by atoms with Crippen LogP contribution in [0.2, 0.25) is 0 Å². The molecule has 19 heteroatoms. The van der Waals surface area contributed by atoms with Crippen LogP contribution in [0, 0.1) is 17.8 Å². The van der Waals surface area contributed by atoms with Gasteiger partial charge in [-0.25, -0.2) is 0 Å². The molecule has 0 aromatic carbocycles. The molecule has 73 heavy (non-hydrogen) atoms. The number of ether oxygens (including phenoxy) is 3. The number of ketones is 2. The Morgan fingerprint density at radius 2 is 1.04 bits per heavy atom. The van der Waals surface area contributed by atoms with Crippen molar-refractivity contribution in [2.45, 2.75) is 212 Å². The Morgan fingerprint density at radius 3 is 1.63 bits per heavy atom. The van der Waals surface area contributed by atoms with E-state index in [2.05, 4.69) is 21.4 Å². The van der Waals surface area contributed by atoms with E-state index in [-0.39, 0.29) is 107 Å². The van der Waals surface area contributed by atoms with Gasteiger partial charge in [-0.1, -0.05) is 96.8 Å². The lowest BCUT2D eigenvalue weighted by Gasteiger charge is -2.28. The number of unbranched alkanes of at least 4 members (excludes halogenated alkanes) is 16. The van der Waals surface area contributed by atoms with Gasteiger partial charge in [-0.2, -0.15) is 5.48 Å². The molecule has 1 rings (SSSR count). The minimum absolute atomic E-state index is 0.0288. The second-order valence-electron chi connectivity index (χ2n) is 19.6. The van der Waals surface area contributed by atoms with Crippen molar-refractivity contribution >= 4 is 47.2 Å². The quantitative estimate of drug-likeness (QED) is 0.0228.